The lowest BCUT2D eigenvalue weighted by atomic mass is 9.81. The summed E-state index contributed by atoms with van der Waals surface area (Å²) in [5.41, 5.74) is -0.468. The minimum Gasteiger partial charge on any atom is -0.387 e. The number of hydrogen-bond donors (Lipinski definition) is 1. The maximum atomic E-state index is 10.3. The molecular formula is C11H20O2. The second-order valence-electron chi connectivity index (χ2n) is 4.59. The average molecular weight is 184 g/mol. The Hall–Kier alpha value is -0.0800. The van der Waals surface area contributed by atoms with Crippen LogP contribution in [0.2, 0.25) is 0 Å². The zero-order valence-corrected chi connectivity index (χ0v) is 8.30. The highest BCUT2D eigenvalue weighted by atomic mass is 16.5. The molecule has 0 amide bonds. The Balaban J connectivity index is 1.96. The fraction of sp³-hybridized carbons (Fsp3) is 1.00. The van der Waals surface area contributed by atoms with Gasteiger partial charge in [0.2, 0.25) is 0 Å². The Labute approximate surface area is 80.3 Å². The van der Waals surface area contributed by atoms with E-state index in [-0.39, 0.29) is 0 Å². The molecule has 1 atom stereocenters. The topological polar surface area (TPSA) is 29.5 Å². The van der Waals surface area contributed by atoms with Crippen molar-refractivity contribution in [1.29, 1.82) is 0 Å². The van der Waals surface area contributed by atoms with Gasteiger partial charge >= 0.3 is 0 Å². The number of aliphatic hydroxyl groups is 1. The number of rotatable bonds is 1. The van der Waals surface area contributed by atoms with Gasteiger partial charge in [-0.15, -0.1) is 0 Å². The van der Waals surface area contributed by atoms with E-state index in [0.717, 1.165) is 13.0 Å². The normalized spacial score (nSPS) is 37.6. The zero-order chi connectivity index (χ0) is 9.15. The quantitative estimate of drug-likeness (QED) is 0.632. The molecule has 2 heteroatoms. The third kappa shape index (κ3) is 2.05. The van der Waals surface area contributed by atoms with Crippen LogP contribution in [-0.4, -0.2) is 23.9 Å². The third-order valence-electron chi connectivity index (χ3n) is 3.65. The molecule has 2 rings (SSSR count). The molecule has 13 heavy (non-hydrogen) atoms. The maximum Gasteiger partial charge on any atom is 0.0929 e. The van der Waals surface area contributed by atoms with Gasteiger partial charge in [0.05, 0.1) is 12.2 Å². The van der Waals surface area contributed by atoms with E-state index in [2.05, 4.69) is 0 Å². The van der Waals surface area contributed by atoms with Crippen molar-refractivity contribution in [3.8, 4) is 0 Å². The van der Waals surface area contributed by atoms with Crippen molar-refractivity contribution in [3.63, 3.8) is 0 Å². The average Bonchev–Trinajstić information content (AvgIpc) is 2.44. The molecule has 2 fully saturated rings. The minimum absolute atomic E-state index is 0.468. The van der Waals surface area contributed by atoms with Crippen LogP contribution in [0.15, 0.2) is 0 Å². The lowest BCUT2D eigenvalue weighted by molar-refractivity contribution is -0.0304. The van der Waals surface area contributed by atoms with Crippen molar-refractivity contribution in [3.05, 3.63) is 0 Å². The van der Waals surface area contributed by atoms with Gasteiger partial charge in [-0.05, 0) is 18.8 Å². The first-order valence-electron chi connectivity index (χ1n) is 5.61. The van der Waals surface area contributed by atoms with E-state index in [9.17, 15) is 5.11 Å². The summed E-state index contributed by atoms with van der Waals surface area (Å²) < 4.78 is 5.30. The summed E-state index contributed by atoms with van der Waals surface area (Å²) in [6, 6.07) is 0. The van der Waals surface area contributed by atoms with Crippen LogP contribution in [0.4, 0.5) is 0 Å². The van der Waals surface area contributed by atoms with Gasteiger partial charge in [-0.25, -0.2) is 0 Å². The Bertz CT molecular complexity index is 153. The first-order valence-corrected chi connectivity index (χ1v) is 5.61. The summed E-state index contributed by atoms with van der Waals surface area (Å²) in [6.45, 7) is 1.34. The molecule has 0 spiro atoms. The molecule has 1 heterocycles. The summed E-state index contributed by atoms with van der Waals surface area (Å²) in [6.07, 6.45) is 8.58. The molecule has 2 nitrogen and oxygen atoms in total. The van der Waals surface area contributed by atoms with Gasteiger partial charge in [-0.2, -0.15) is 0 Å². The smallest absolute Gasteiger partial charge is 0.0929 e. The van der Waals surface area contributed by atoms with Crippen molar-refractivity contribution in [2.45, 2.75) is 50.5 Å². The number of ether oxygens (including phenoxy) is 1. The van der Waals surface area contributed by atoms with Gasteiger partial charge in [-0.3, -0.25) is 0 Å². The van der Waals surface area contributed by atoms with Crippen LogP contribution < -0.4 is 0 Å². The summed E-state index contributed by atoms with van der Waals surface area (Å²) in [7, 11) is 0. The predicted octanol–water partition coefficient (Wildman–Crippen LogP) is 2.11. The zero-order valence-electron chi connectivity index (χ0n) is 8.30. The molecule has 0 aromatic heterocycles. The largest absolute Gasteiger partial charge is 0.387 e. The van der Waals surface area contributed by atoms with Crippen molar-refractivity contribution in [1.82, 2.24) is 0 Å². The van der Waals surface area contributed by atoms with Crippen molar-refractivity contribution in [2.75, 3.05) is 13.2 Å². The van der Waals surface area contributed by atoms with E-state index in [4.69, 9.17) is 4.74 Å². The Kier molecular flexibility index (Phi) is 2.89. The van der Waals surface area contributed by atoms with Crippen LogP contribution in [0.5, 0.6) is 0 Å². The molecule has 1 saturated carbocycles. The van der Waals surface area contributed by atoms with Gasteiger partial charge in [0, 0.05) is 13.0 Å². The minimum atomic E-state index is -0.468. The molecule has 1 aliphatic carbocycles. The molecule has 1 aliphatic heterocycles. The molecule has 1 unspecified atom stereocenters. The van der Waals surface area contributed by atoms with Crippen LogP contribution in [0.3, 0.4) is 0 Å². The van der Waals surface area contributed by atoms with Crippen LogP contribution in [-0.2, 0) is 4.74 Å². The van der Waals surface area contributed by atoms with E-state index in [0.29, 0.717) is 12.5 Å². The van der Waals surface area contributed by atoms with Crippen LogP contribution >= 0.6 is 0 Å². The molecule has 2 aliphatic rings. The molecule has 76 valence electrons. The van der Waals surface area contributed by atoms with Gasteiger partial charge in [0.15, 0.2) is 0 Å². The van der Waals surface area contributed by atoms with Crippen molar-refractivity contribution >= 4 is 0 Å². The van der Waals surface area contributed by atoms with Crippen LogP contribution in [0.1, 0.15) is 44.9 Å². The van der Waals surface area contributed by atoms with Gasteiger partial charge in [-0.1, -0.05) is 25.7 Å². The summed E-state index contributed by atoms with van der Waals surface area (Å²) >= 11 is 0. The molecular weight excluding hydrogens is 164 g/mol. The van der Waals surface area contributed by atoms with Crippen LogP contribution in [0, 0.1) is 5.92 Å². The van der Waals surface area contributed by atoms with E-state index in [1.165, 1.54) is 38.5 Å². The SMILES string of the molecule is OC1(C2CCCCCC2)CCOC1. The van der Waals surface area contributed by atoms with Crippen molar-refractivity contribution in [2.24, 2.45) is 5.92 Å². The number of hydrogen-bond acceptors (Lipinski definition) is 2. The summed E-state index contributed by atoms with van der Waals surface area (Å²) in [4.78, 5) is 0. The van der Waals surface area contributed by atoms with E-state index >= 15 is 0 Å². The molecule has 1 saturated heterocycles. The predicted molar refractivity (Wildman–Crippen MR) is 51.6 cm³/mol. The molecule has 0 aromatic carbocycles. The van der Waals surface area contributed by atoms with Crippen LogP contribution in [0.25, 0.3) is 0 Å². The second-order valence-corrected chi connectivity index (χ2v) is 4.59. The summed E-state index contributed by atoms with van der Waals surface area (Å²) in [5, 5.41) is 10.3. The highest BCUT2D eigenvalue weighted by Crippen LogP contribution is 2.36. The molecule has 0 aromatic rings. The van der Waals surface area contributed by atoms with E-state index in [1.807, 2.05) is 0 Å². The fourth-order valence-corrected chi connectivity index (χ4v) is 2.71. The highest BCUT2D eigenvalue weighted by Gasteiger charge is 2.39. The first-order chi connectivity index (χ1) is 6.31. The lowest BCUT2D eigenvalue weighted by Crippen LogP contribution is -2.38. The molecule has 0 radical (unpaired) electrons. The first kappa shape index (κ1) is 9.47. The Morgan fingerprint density at radius 3 is 2.31 bits per heavy atom. The fourth-order valence-electron chi connectivity index (χ4n) is 2.71. The summed E-state index contributed by atoms with van der Waals surface area (Å²) in [5.74, 6) is 0.512. The monoisotopic (exact) mass is 184 g/mol. The lowest BCUT2D eigenvalue weighted by Gasteiger charge is -2.30. The second kappa shape index (κ2) is 3.97. The molecule has 1 N–H and O–H groups in total. The van der Waals surface area contributed by atoms with Gasteiger partial charge in [0.25, 0.3) is 0 Å². The van der Waals surface area contributed by atoms with Gasteiger partial charge in [0.1, 0.15) is 0 Å². The van der Waals surface area contributed by atoms with Crippen molar-refractivity contribution < 1.29 is 9.84 Å². The van der Waals surface area contributed by atoms with E-state index in [1.54, 1.807) is 0 Å². The Morgan fingerprint density at radius 2 is 1.77 bits per heavy atom. The standard InChI is InChI=1S/C11H20O2/c12-11(7-8-13-9-11)10-5-3-1-2-4-6-10/h10,12H,1-9H2. The molecule has 0 bridgehead atoms. The highest BCUT2D eigenvalue weighted by molar-refractivity contribution is 4.90. The Morgan fingerprint density at radius 1 is 1.08 bits per heavy atom. The third-order valence-corrected chi connectivity index (χ3v) is 3.65. The maximum absolute atomic E-state index is 10.3. The van der Waals surface area contributed by atoms with E-state index < -0.39 is 5.60 Å². The van der Waals surface area contributed by atoms with Gasteiger partial charge < -0.3 is 9.84 Å².